The number of aliphatic hydroxyl groups excluding tert-OH is 1. The Morgan fingerprint density at radius 3 is 2.63 bits per heavy atom. The molecule has 2 atom stereocenters. The van der Waals surface area contributed by atoms with E-state index in [2.05, 4.69) is 10.1 Å². The average molecular weight is 479 g/mol. The van der Waals surface area contributed by atoms with Gasteiger partial charge in [-0.2, -0.15) is 0 Å². The highest BCUT2D eigenvalue weighted by molar-refractivity contribution is 6.01. The topological polar surface area (TPSA) is 63.5 Å². The molecule has 1 heterocycles. The molecule has 35 heavy (non-hydrogen) atoms. The molecule has 0 fully saturated rings. The lowest BCUT2D eigenvalue weighted by molar-refractivity contribution is -0.00649. The van der Waals surface area contributed by atoms with E-state index in [1.165, 1.54) is 6.07 Å². The second-order valence-electron chi connectivity index (χ2n) is 8.65. The number of ether oxygens (including phenoxy) is 2. The summed E-state index contributed by atoms with van der Waals surface area (Å²) in [6.07, 6.45) is -0.429. The van der Waals surface area contributed by atoms with Gasteiger partial charge in [-0.25, -0.2) is 4.39 Å². The third kappa shape index (κ3) is 7.36. The van der Waals surface area contributed by atoms with E-state index in [9.17, 15) is 9.50 Å². The summed E-state index contributed by atoms with van der Waals surface area (Å²) in [6, 6.07) is 24.3. The van der Waals surface area contributed by atoms with Crippen LogP contribution in [0, 0.1) is 5.82 Å². The highest BCUT2D eigenvalue weighted by Gasteiger charge is 2.27. The van der Waals surface area contributed by atoms with Crippen molar-refractivity contribution in [3.05, 3.63) is 101 Å². The second kappa shape index (κ2) is 12.4. The maximum absolute atomic E-state index is 14.2. The number of nitrogens with zero attached hydrogens (tertiary/aromatic N) is 2. The minimum absolute atomic E-state index is 0.214. The summed E-state index contributed by atoms with van der Waals surface area (Å²) in [7, 11) is 1.64. The van der Waals surface area contributed by atoms with Crippen molar-refractivity contribution >= 4 is 5.71 Å². The van der Waals surface area contributed by atoms with Crippen LogP contribution in [0.2, 0.25) is 0 Å². The summed E-state index contributed by atoms with van der Waals surface area (Å²) in [5.74, 6) is 0.464. The molecule has 3 aromatic carbocycles. The van der Waals surface area contributed by atoms with E-state index in [-0.39, 0.29) is 18.5 Å². The third-order valence-electron chi connectivity index (χ3n) is 5.81. The van der Waals surface area contributed by atoms with Crippen molar-refractivity contribution in [3.63, 3.8) is 0 Å². The second-order valence-corrected chi connectivity index (χ2v) is 8.65. The molecular formula is C28H31FN2O4. The molecule has 0 aliphatic carbocycles. The molecule has 0 amide bonds. The molecule has 0 unspecified atom stereocenters. The number of hydrogen-bond donors (Lipinski definition) is 1. The van der Waals surface area contributed by atoms with Crippen LogP contribution >= 0.6 is 0 Å². The molecular weight excluding hydrogens is 447 g/mol. The fourth-order valence-electron chi connectivity index (χ4n) is 4.14. The van der Waals surface area contributed by atoms with Gasteiger partial charge in [-0.15, -0.1) is 0 Å². The van der Waals surface area contributed by atoms with Crippen LogP contribution in [0.4, 0.5) is 4.39 Å². The number of hydrogen-bond acceptors (Lipinski definition) is 6. The summed E-state index contributed by atoms with van der Waals surface area (Å²) in [5.41, 5.74) is 3.17. The van der Waals surface area contributed by atoms with Crippen LogP contribution < -0.4 is 4.74 Å². The fourth-order valence-corrected chi connectivity index (χ4v) is 4.14. The molecule has 0 spiro atoms. The molecule has 1 aliphatic rings. The van der Waals surface area contributed by atoms with Gasteiger partial charge in [0.2, 0.25) is 0 Å². The minimum atomic E-state index is -0.683. The van der Waals surface area contributed by atoms with Crippen molar-refractivity contribution in [1.29, 1.82) is 0 Å². The van der Waals surface area contributed by atoms with E-state index in [0.717, 1.165) is 16.9 Å². The van der Waals surface area contributed by atoms with Crippen LogP contribution in [-0.2, 0) is 22.7 Å². The number of methoxy groups -OCH3 is 1. The van der Waals surface area contributed by atoms with E-state index < -0.39 is 6.10 Å². The zero-order valence-electron chi connectivity index (χ0n) is 19.8. The average Bonchev–Trinajstić information content (AvgIpc) is 3.33. The number of rotatable bonds is 12. The van der Waals surface area contributed by atoms with Gasteiger partial charge in [0.05, 0.1) is 32.1 Å². The SMILES string of the molecule is COc1cccc(CN(C[C@H](O)COCc2ccccc2)C[C@H]2CC(c3ccccc3F)=NO2)c1. The summed E-state index contributed by atoms with van der Waals surface area (Å²) in [6.45, 7) is 2.16. The maximum atomic E-state index is 14.2. The van der Waals surface area contributed by atoms with Crippen molar-refractivity contribution in [1.82, 2.24) is 4.90 Å². The lowest BCUT2D eigenvalue weighted by Crippen LogP contribution is -2.39. The largest absolute Gasteiger partial charge is 0.497 e. The molecule has 7 heteroatoms. The van der Waals surface area contributed by atoms with Gasteiger partial charge in [0.1, 0.15) is 17.7 Å². The van der Waals surface area contributed by atoms with Crippen LogP contribution in [-0.4, -0.2) is 54.7 Å². The number of halogens is 1. The van der Waals surface area contributed by atoms with Gasteiger partial charge in [0.15, 0.2) is 0 Å². The molecule has 0 radical (unpaired) electrons. The smallest absolute Gasteiger partial charge is 0.145 e. The molecule has 4 rings (SSSR count). The predicted octanol–water partition coefficient (Wildman–Crippen LogP) is 4.41. The summed E-state index contributed by atoms with van der Waals surface area (Å²) >= 11 is 0. The van der Waals surface area contributed by atoms with Gasteiger partial charge in [-0.1, -0.05) is 65.8 Å². The van der Waals surface area contributed by atoms with Crippen LogP contribution in [0.3, 0.4) is 0 Å². The van der Waals surface area contributed by atoms with Gasteiger partial charge < -0.3 is 19.4 Å². The zero-order chi connectivity index (χ0) is 24.5. The van der Waals surface area contributed by atoms with E-state index in [4.69, 9.17) is 14.3 Å². The van der Waals surface area contributed by atoms with E-state index >= 15 is 0 Å². The first kappa shape index (κ1) is 24.9. The first-order chi connectivity index (χ1) is 17.1. The lowest BCUT2D eigenvalue weighted by Gasteiger charge is -2.27. The molecule has 6 nitrogen and oxygen atoms in total. The molecule has 0 aromatic heterocycles. The Labute approximate surface area is 205 Å². The first-order valence-electron chi connectivity index (χ1n) is 11.7. The van der Waals surface area contributed by atoms with Crippen LogP contribution in [0.25, 0.3) is 0 Å². The molecule has 0 saturated heterocycles. The van der Waals surface area contributed by atoms with Crippen LogP contribution in [0.5, 0.6) is 5.75 Å². The van der Waals surface area contributed by atoms with Gasteiger partial charge in [-0.05, 0) is 29.3 Å². The highest BCUT2D eigenvalue weighted by atomic mass is 19.1. The first-order valence-corrected chi connectivity index (χ1v) is 11.7. The molecule has 0 saturated carbocycles. The van der Waals surface area contributed by atoms with Gasteiger partial charge in [0, 0.05) is 31.6 Å². The number of aliphatic hydroxyl groups is 1. The monoisotopic (exact) mass is 478 g/mol. The van der Waals surface area contributed by atoms with Crippen molar-refractivity contribution in [3.8, 4) is 5.75 Å². The Bertz CT molecular complexity index is 1110. The third-order valence-corrected chi connectivity index (χ3v) is 5.81. The molecule has 0 bridgehead atoms. The van der Waals surface area contributed by atoms with Gasteiger partial charge in [0.25, 0.3) is 0 Å². The highest BCUT2D eigenvalue weighted by Crippen LogP contribution is 2.21. The Hall–Kier alpha value is -3.26. The van der Waals surface area contributed by atoms with Gasteiger partial charge >= 0.3 is 0 Å². The Morgan fingerprint density at radius 2 is 1.83 bits per heavy atom. The Balaban J connectivity index is 1.37. The van der Waals surface area contributed by atoms with Crippen molar-refractivity contribution < 1.29 is 23.8 Å². The van der Waals surface area contributed by atoms with Crippen LogP contribution in [0.1, 0.15) is 23.1 Å². The van der Waals surface area contributed by atoms with Crippen molar-refractivity contribution in [2.24, 2.45) is 5.16 Å². The Kier molecular flexibility index (Phi) is 8.84. The number of oxime groups is 1. The normalized spacial score (nSPS) is 16.1. The van der Waals surface area contributed by atoms with E-state index in [0.29, 0.717) is 43.9 Å². The molecule has 1 aliphatic heterocycles. The lowest BCUT2D eigenvalue weighted by atomic mass is 10.0. The summed E-state index contributed by atoms with van der Waals surface area (Å²) in [4.78, 5) is 7.76. The predicted molar refractivity (Wildman–Crippen MR) is 133 cm³/mol. The fraction of sp³-hybridized carbons (Fsp3) is 0.321. The quantitative estimate of drug-likeness (QED) is 0.418. The van der Waals surface area contributed by atoms with E-state index in [1.807, 2.05) is 54.6 Å². The number of benzene rings is 3. The Morgan fingerprint density at radius 1 is 1.06 bits per heavy atom. The van der Waals surface area contributed by atoms with Crippen LogP contribution in [0.15, 0.2) is 84.0 Å². The minimum Gasteiger partial charge on any atom is -0.497 e. The molecule has 184 valence electrons. The standard InChI is InChI=1S/C28H31FN2O4/c1-33-24-11-7-10-22(14-24)16-31(17-23(32)20-34-19-21-8-3-2-4-9-21)18-25-15-28(30-35-25)26-12-5-6-13-27(26)29/h2-14,23,25,32H,15-20H2,1H3/t23-,25+/m0/s1. The van der Waals surface area contributed by atoms with Gasteiger partial charge in [-0.3, -0.25) is 4.90 Å². The maximum Gasteiger partial charge on any atom is 0.145 e. The molecule has 1 N–H and O–H groups in total. The summed E-state index contributed by atoms with van der Waals surface area (Å²) < 4.78 is 25.3. The van der Waals surface area contributed by atoms with Crippen molar-refractivity contribution in [2.45, 2.75) is 31.8 Å². The summed E-state index contributed by atoms with van der Waals surface area (Å²) in [5, 5.41) is 14.8. The van der Waals surface area contributed by atoms with Crippen molar-refractivity contribution in [2.75, 3.05) is 26.8 Å². The van der Waals surface area contributed by atoms with E-state index in [1.54, 1.807) is 25.3 Å². The molecule has 3 aromatic rings. The zero-order valence-corrected chi connectivity index (χ0v) is 19.8.